The summed E-state index contributed by atoms with van der Waals surface area (Å²) in [5.41, 5.74) is 18.6. The number of rotatable bonds is 7. The van der Waals surface area contributed by atoms with Crippen molar-refractivity contribution in [1.29, 1.82) is 0 Å². The molecule has 0 aliphatic heterocycles. The van der Waals surface area contributed by atoms with E-state index in [1.165, 1.54) is 45.0 Å². The Bertz CT molecular complexity index is 2550. The van der Waals surface area contributed by atoms with Crippen LogP contribution in [0.4, 0.5) is 0 Å². The Kier molecular flexibility index (Phi) is 7.81. The summed E-state index contributed by atoms with van der Waals surface area (Å²) in [6.07, 6.45) is 10.1. The molecule has 9 rings (SSSR count). The van der Waals surface area contributed by atoms with Gasteiger partial charge in [-0.3, -0.25) is 9.97 Å². The molecule has 0 bridgehead atoms. The van der Waals surface area contributed by atoms with E-state index in [9.17, 15) is 5.11 Å². The standard InChI is InChI=1S/C45H34N4O2/c46-23-42(50)32-17-20-41(48-24-32)45-37-10-4-3-9-36(37)44(40-21-18-33(25-49-40)43-26-47-27-51-43)38-19-16-31(22-39(38)45)28-12-14-30(15-13-28)35-11-5-7-29-6-1-2-8-34(29)35/h1-15,17-18,20-22,24-27,42,50H,16,19,23,46H2. The zero-order chi connectivity index (χ0) is 34.3. The Morgan fingerprint density at radius 3 is 2.06 bits per heavy atom. The molecular formula is C45H34N4O2. The number of aliphatic hydroxyl groups excluding tert-OH is 1. The molecule has 0 amide bonds. The fraction of sp³-hybridized carbons (Fsp3) is 0.0889. The predicted octanol–water partition coefficient (Wildman–Crippen LogP) is 9.92. The maximum atomic E-state index is 10.4. The lowest BCUT2D eigenvalue weighted by Gasteiger charge is -2.25. The van der Waals surface area contributed by atoms with Gasteiger partial charge in [-0.2, -0.15) is 0 Å². The first kappa shape index (κ1) is 30.8. The van der Waals surface area contributed by atoms with E-state index in [1.54, 1.807) is 12.4 Å². The van der Waals surface area contributed by atoms with Crippen LogP contribution in [0.1, 0.15) is 34.8 Å². The quantitative estimate of drug-likeness (QED) is 0.176. The molecule has 0 radical (unpaired) electrons. The van der Waals surface area contributed by atoms with Crippen molar-refractivity contribution in [2.45, 2.75) is 18.9 Å². The van der Waals surface area contributed by atoms with Crippen LogP contribution in [-0.2, 0) is 6.42 Å². The minimum absolute atomic E-state index is 0.141. The van der Waals surface area contributed by atoms with Gasteiger partial charge in [0.05, 0.1) is 23.7 Å². The lowest BCUT2D eigenvalue weighted by atomic mass is 9.79. The van der Waals surface area contributed by atoms with Crippen molar-refractivity contribution in [3.05, 3.63) is 162 Å². The molecule has 51 heavy (non-hydrogen) atoms. The zero-order valence-corrected chi connectivity index (χ0v) is 27.8. The molecule has 6 heteroatoms. The average Bonchev–Trinajstić information content (AvgIpc) is 3.75. The Morgan fingerprint density at radius 2 is 1.33 bits per heavy atom. The molecule has 6 nitrogen and oxygen atoms in total. The molecule has 3 aromatic heterocycles. The first-order valence-corrected chi connectivity index (χ1v) is 17.2. The fourth-order valence-electron chi connectivity index (χ4n) is 7.51. The van der Waals surface area contributed by atoms with Crippen LogP contribution in [0.3, 0.4) is 0 Å². The van der Waals surface area contributed by atoms with E-state index in [0.717, 1.165) is 57.3 Å². The Labute approximate surface area is 295 Å². The van der Waals surface area contributed by atoms with Gasteiger partial charge in [-0.05, 0) is 86.0 Å². The normalized spacial score (nSPS) is 13.3. The molecule has 1 unspecified atom stereocenters. The highest BCUT2D eigenvalue weighted by atomic mass is 16.3. The number of allylic oxidation sites excluding steroid dienone is 1. The van der Waals surface area contributed by atoms with Gasteiger partial charge in [-0.25, -0.2) is 4.98 Å². The Morgan fingerprint density at radius 1 is 0.647 bits per heavy atom. The van der Waals surface area contributed by atoms with E-state index in [4.69, 9.17) is 20.1 Å². The van der Waals surface area contributed by atoms with Crippen molar-refractivity contribution in [2.24, 2.45) is 5.73 Å². The molecule has 0 saturated heterocycles. The highest BCUT2D eigenvalue weighted by molar-refractivity contribution is 6.11. The van der Waals surface area contributed by atoms with Gasteiger partial charge in [0.15, 0.2) is 12.2 Å². The van der Waals surface area contributed by atoms with E-state index in [2.05, 4.69) is 108 Å². The second-order valence-electron chi connectivity index (χ2n) is 13.0. The highest BCUT2D eigenvalue weighted by Gasteiger charge is 2.25. The van der Waals surface area contributed by atoms with E-state index >= 15 is 0 Å². The zero-order valence-electron chi connectivity index (χ0n) is 27.8. The molecule has 246 valence electrons. The van der Waals surface area contributed by atoms with Crippen molar-refractivity contribution in [3.63, 3.8) is 0 Å². The van der Waals surface area contributed by atoms with Crippen LogP contribution in [-0.4, -0.2) is 26.6 Å². The fourth-order valence-corrected chi connectivity index (χ4v) is 7.51. The maximum absolute atomic E-state index is 10.4. The first-order chi connectivity index (χ1) is 25.2. The molecule has 8 aromatic rings. The second kappa shape index (κ2) is 12.9. The number of nitrogens with two attached hydrogens (primary N) is 1. The summed E-state index contributed by atoms with van der Waals surface area (Å²) < 4.78 is 5.54. The molecule has 3 N–H and O–H groups in total. The highest BCUT2D eigenvalue weighted by Crippen LogP contribution is 2.46. The van der Waals surface area contributed by atoms with Crippen LogP contribution in [0.5, 0.6) is 0 Å². The number of fused-ring (bicyclic) bond motifs is 3. The summed E-state index contributed by atoms with van der Waals surface area (Å²) in [5, 5.41) is 15.1. The molecule has 5 aromatic carbocycles. The number of nitrogens with zero attached hydrogens (tertiary/aromatic N) is 3. The van der Waals surface area contributed by atoms with Crippen molar-refractivity contribution >= 4 is 33.2 Å². The first-order valence-electron chi connectivity index (χ1n) is 17.2. The topological polar surface area (TPSA) is 98.1 Å². The van der Waals surface area contributed by atoms with Gasteiger partial charge >= 0.3 is 0 Å². The minimum Gasteiger partial charge on any atom is -0.443 e. The molecule has 1 aliphatic rings. The van der Waals surface area contributed by atoms with Gasteiger partial charge in [-0.1, -0.05) is 103 Å². The SMILES string of the molecule is NCC(O)c1ccc(-c2c3c(c(-c4ccc(-c5cnco5)cn4)c4ccccc24)CCC(c2ccc(-c4cccc5ccccc45)cc2)=C3)nc1. The van der Waals surface area contributed by atoms with Crippen LogP contribution in [0, 0.1) is 0 Å². The molecule has 0 saturated carbocycles. The van der Waals surface area contributed by atoms with E-state index in [-0.39, 0.29) is 6.54 Å². The lowest BCUT2D eigenvalue weighted by Crippen LogP contribution is -2.11. The smallest absolute Gasteiger partial charge is 0.181 e. The third-order valence-electron chi connectivity index (χ3n) is 10.1. The van der Waals surface area contributed by atoms with Gasteiger partial charge in [0.25, 0.3) is 0 Å². The number of benzene rings is 5. The maximum Gasteiger partial charge on any atom is 0.181 e. The van der Waals surface area contributed by atoms with Crippen molar-refractivity contribution in [1.82, 2.24) is 15.0 Å². The van der Waals surface area contributed by atoms with Crippen LogP contribution >= 0.6 is 0 Å². The van der Waals surface area contributed by atoms with Gasteiger partial charge < -0.3 is 15.3 Å². The van der Waals surface area contributed by atoms with Crippen LogP contribution in [0.15, 0.2) is 145 Å². The molecular weight excluding hydrogens is 629 g/mol. The number of hydrogen-bond donors (Lipinski definition) is 2. The van der Waals surface area contributed by atoms with Crippen molar-refractivity contribution in [2.75, 3.05) is 6.54 Å². The molecule has 3 heterocycles. The van der Waals surface area contributed by atoms with Gasteiger partial charge in [0.1, 0.15) is 0 Å². The van der Waals surface area contributed by atoms with E-state index < -0.39 is 6.10 Å². The monoisotopic (exact) mass is 662 g/mol. The second-order valence-corrected chi connectivity index (χ2v) is 13.0. The molecule has 0 spiro atoms. The number of pyridine rings is 2. The molecule has 1 atom stereocenters. The van der Waals surface area contributed by atoms with Crippen molar-refractivity contribution < 1.29 is 9.52 Å². The number of aliphatic hydroxyl groups is 1. The number of oxazole rings is 1. The lowest BCUT2D eigenvalue weighted by molar-refractivity contribution is 0.186. The Hall–Kier alpha value is -6.21. The van der Waals surface area contributed by atoms with Gasteiger partial charge in [-0.15, -0.1) is 0 Å². The summed E-state index contributed by atoms with van der Waals surface area (Å²) in [4.78, 5) is 14.0. The van der Waals surface area contributed by atoms with Crippen LogP contribution in [0.2, 0.25) is 0 Å². The summed E-state index contributed by atoms with van der Waals surface area (Å²) in [6, 6.07) is 40.6. The third-order valence-corrected chi connectivity index (χ3v) is 10.1. The van der Waals surface area contributed by atoms with Crippen LogP contribution in [0.25, 0.3) is 78.2 Å². The van der Waals surface area contributed by atoms with E-state index in [1.807, 2.05) is 24.4 Å². The Balaban J connectivity index is 1.21. The largest absolute Gasteiger partial charge is 0.443 e. The predicted molar refractivity (Wildman–Crippen MR) is 205 cm³/mol. The average molecular weight is 663 g/mol. The van der Waals surface area contributed by atoms with E-state index in [0.29, 0.717) is 11.3 Å². The van der Waals surface area contributed by atoms with Crippen LogP contribution < -0.4 is 5.73 Å². The molecule has 0 fully saturated rings. The minimum atomic E-state index is -0.756. The molecule has 1 aliphatic carbocycles. The van der Waals surface area contributed by atoms with Gasteiger partial charge in [0, 0.05) is 41.2 Å². The number of aromatic nitrogens is 3. The summed E-state index contributed by atoms with van der Waals surface area (Å²) in [7, 11) is 0. The summed E-state index contributed by atoms with van der Waals surface area (Å²) >= 11 is 0. The third kappa shape index (κ3) is 5.51. The number of hydrogen-bond acceptors (Lipinski definition) is 6. The summed E-state index contributed by atoms with van der Waals surface area (Å²) in [5.74, 6) is 0.685. The van der Waals surface area contributed by atoms with Gasteiger partial charge in [0.2, 0.25) is 0 Å². The van der Waals surface area contributed by atoms with Crippen molar-refractivity contribution in [3.8, 4) is 45.0 Å². The summed E-state index contributed by atoms with van der Waals surface area (Å²) in [6.45, 7) is 0.141.